The van der Waals surface area contributed by atoms with E-state index in [0.717, 1.165) is 26.6 Å². The van der Waals surface area contributed by atoms with E-state index < -0.39 is 15.6 Å². The van der Waals surface area contributed by atoms with Gasteiger partial charge in [-0.05, 0) is 28.1 Å². The zero-order valence-electron chi connectivity index (χ0n) is 9.96. The maximum atomic E-state index is 12.1. The van der Waals surface area contributed by atoms with Crippen LogP contribution in [0.1, 0.15) is 0 Å². The van der Waals surface area contributed by atoms with Crippen LogP contribution in [0.2, 0.25) is 0 Å². The first-order valence-electron chi connectivity index (χ1n) is 5.54. The van der Waals surface area contributed by atoms with Crippen molar-refractivity contribution in [1.82, 2.24) is 4.72 Å². The van der Waals surface area contributed by atoms with Crippen LogP contribution >= 0.6 is 50.8 Å². The first kappa shape index (κ1) is 16.1. The third-order valence-electron chi connectivity index (χ3n) is 2.52. The highest BCUT2D eigenvalue weighted by molar-refractivity contribution is 9.11. The summed E-state index contributed by atoms with van der Waals surface area (Å²) in [7, 11) is -3.53. The Morgan fingerprint density at radius 1 is 1.32 bits per heavy atom. The Morgan fingerprint density at radius 2 is 1.95 bits per heavy atom. The molecule has 0 bridgehead atoms. The molecule has 0 radical (unpaired) electrons. The number of rotatable bonds is 4. The van der Waals surface area contributed by atoms with Crippen LogP contribution in [0.25, 0.3) is 0 Å². The normalized spacial score (nSPS) is 20.1. The molecule has 4 nitrogen and oxygen atoms in total. The van der Waals surface area contributed by atoms with Crippen molar-refractivity contribution in [2.45, 2.75) is 9.81 Å². The topological polar surface area (TPSA) is 66.4 Å². The van der Waals surface area contributed by atoms with Gasteiger partial charge in [0.05, 0.1) is 9.39 Å². The van der Waals surface area contributed by atoms with Crippen molar-refractivity contribution in [3.05, 3.63) is 15.9 Å². The second-order valence-electron chi connectivity index (χ2n) is 4.21. The van der Waals surface area contributed by atoms with Gasteiger partial charge in [0.2, 0.25) is 10.0 Å². The van der Waals surface area contributed by atoms with Crippen LogP contribution in [0.15, 0.2) is 20.1 Å². The zero-order chi connectivity index (χ0) is 13.9. The standard InChI is InChI=1S/C10H14BrNO3S4/c11-8-1-2-9(18-8)19(14,15)12-5-10(13)6-16-3-4-17-7-10/h1-2,12-13H,3-7H2. The highest BCUT2D eigenvalue weighted by atomic mass is 79.9. The van der Waals surface area contributed by atoms with Crippen LogP contribution in [0.5, 0.6) is 0 Å². The lowest BCUT2D eigenvalue weighted by atomic mass is 10.1. The summed E-state index contributed by atoms with van der Waals surface area (Å²) < 4.78 is 27.7. The molecule has 2 N–H and O–H groups in total. The van der Waals surface area contributed by atoms with Crippen LogP contribution < -0.4 is 4.72 Å². The predicted octanol–water partition coefficient (Wildman–Crippen LogP) is 2.00. The van der Waals surface area contributed by atoms with Crippen LogP contribution in [0.4, 0.5) is 0 Å². The molecule has 0 unspecified atom stereocenters. The van der Waals surface area contributed by atoms with Crippen molar-refractivity contribution in [3.63, 3.8) is 0 Å². The zero-order valence-corrected chi connectivity index (χ0v) is 14.8. The van der Waals surface area contributed by atoms with Crippen LogP contribution in [-0.2, 0) is 10.0 Å². The van der Waals surface area contributed by atoms with Gasteiger partial charge in [0.15, 0.2) is 0 Å². The molecule has 1 aliphatic heterocycles. The van der Waals surface area contributed by atoms with E-state index >= 15 is 0 Å². The molecule has 0 aromatic carbocycles. The van der Waals surface area contributed by atoms with Crippen molar-refractivity contribution in [2.24, 2.45) is 0 Å². The van der Waals surface area contributed by atoms with Crippen molar-refractivity contribution in [1.29, 1.82) is 0 Å². The Hall–Kier alpha value is 0.750. The Labute approximate surface area is 133 Å². The maximum Gasteiger partial charge on any atom is 0.250 e. The van der Waals surface area contributed by atoms with Crippen molar-refractivity contribution in [3.8, 4) is 0 Å². The molecule has 0 saturated carbocycles. The van der Waals surface area contributed by atoms with E-state index in [-0.39, 0.29) is 10.8 Å². The summed E-state index contributed by atoms with van der Waals surface area (Å²) in [5.74, 6) is 3.13. The molecule has 0 amide bonds. The highest BCUT2D eigenvalue weighted by Gasteiger charge is 2.31. The lowest BCUT2D eigenvalue weighted by molar-refractivity contribution is 0.0962. The molecule has 1 aromatic rings. The molecule has 108 valence electrons. The van der Waals surface area contributed by atoms with Crippen molar-refractivity contribution < 1.29 is 13.5 Å². The second kappa shape index (κ2) is 6.67. The summed E-state index contributed by atoms with van der Waals surface area (Å²) in [6, 6.07) is 3.25. The van der Waals surface area contributed by atoms with Gasteiger partial charge >= 0.3 is 0 Å². The Balaban J connectivity index is 2.01. The molecular weight excluding hydrogens is 390 g/mol. The van der Waals surface area contributed by atoms with E-state index in [4.69, 9.17) is 0 Å². The predicted molar refractivity (Wildman–Crippen MR) is 86.8 cm³/mol. The second-order valence-corrected chi connectivity index (χ2v) is 10.9. The van der Waals surface area contributed by atoms with Crippen LogP contribution in [0.3, 0.4) is 0 Å². The number of hydrogen-bond donors (Lipinski definition) is 2. The number of aliphatic hydroxyl groups is 1. The first-order valence-corrected chi connectivity index (χ1v) is 10.9. The summed E-state index contributed by atoms with van der Waals surface area (Å²) in [5.41, 5.74) is -0.965. The molecule has 9 heteroatoms. The minimum atomic E-state index is -3.53. The van der Waals surface area contributed by atoms with Gasteiger partial charge < -0.3 is 5.11 Å². The van der Waals surface area contributed by atoms with E-state index in [1.54, 1.807) is 35.7 Å². The molecule has 0 aliphatic carbocycles. The first-order chi connectivity index (χ1) is 8.91. The third kappa shape index (κ3) is 4.62. The molecular formula is C10H14BrNO3S4. The summed E-state index contributed by atoms with van der Waals surface area (Å²) >= 11 is 7.73. The van der Waals surface area contributed by atoms with Gasteiger partial charge in [0.1, 0.15) is 4.21 Å². The van der Waals surface area contributed by atoms with Gasteiger partial charge in [-0.25, -0.2) is 13.1 Å². The Bertz CT molecular complexity index is 523. The van der Waals surface area contributed by atoms with E-state index in [1.165, 1.54) is 0 Å². The van der Waals surface area contributed by atoms with Crippen LogP contribution in [-0.4, -0.2) is 48.7 Å². The van der Waals surface area contributed by atoms with E-state index in [9.17, 15) is 13.5 Å². The average Bonchev–Trinajstić information content (AvgIpc) is 2.68. The lowest BCUT2D eigenvalue weighted by Gasteiger charge is -2.25. The SMILES string of the molecule is O=S(=O)(NCC1(O)CSCCSC1)c1ccc(Br)s1. The summed E-state index contributed by atoms with van der Waals surface area (Å²) in [6.45, 7) is 0.0604. The maximum absolute atomic E-state index is 12.1. The number of thiophene rings is 1. The van der Waals surface area contributed by atoms with E-state index in [0.29, 0.717) is 11.5 Å². The van der Waals surface area contributed by atoms with Crippen LogP contribution in [0, 0.1) is 0 Å². The largest absolute Gasteiger partial charge is 0.387 e. The number of nitrogens with one attached hydrogen (secondary N) is 1. The van der Waals surface area contributed by atoms with E-state index in [2.05, 4.69) is 20.7 Å². The summed E-state index contributed by atoms with van der Waals surface area (Å²) in [5, 5.41) is 10.4. The Kier molecular flexibility index (Phi) is 5.67. The van der Waals surface area contributed by atoms with Gasteiger partial charge in [0.25, 0.3) is 0 Å². The van der Waals surface area contributed by atoms with Gasteiger partial charge in [-0.1, -0.05) is 0 Å². The number of hydrogen-bond acceptors (Lipinski definition) is 6. The number of sulfonamides is 1. The molecule has 2 rings (SSSR count). The minimum absolute atomic E-state index is 0.0604. The third-order valence-corrected chi connectivity index (χ3v) is 8.76. The number of thioether (sulfide) groups is 2. The van der Waals surface area contributed by atoms with Gasteiger partial charge in [-0.15, -0.1) is 11.3 Å². The Morgan fingerprint density at radius 3 is 2.47 bits per heavy atom. The quantitative estimate of drug-likeness (QED) is 0.804. The van der Waals surface area contributed by atoms with Gasteiger partial charge in [-0.2, -0.15) is 23.5 Å². The minimum Gasteiger partial charge on any atom is -0.387 e. The van der Waals surface area contributed by atoms with Crippen molar-refractivity contribution in [2.75, 3.05) is 29.6 Å². The molecule has 1 fully saturated rings. The van der Waals surface area contributed by atoms with Gasteiger partial charge in [0, 0.05) is 29.6 Å². The molecule has 0 spiro atoms. The van der Waals surface area contributed by atoms with E-state index in [1.807, 2.05) is 0 Å². The molecule has 2 heterocycles. The average molecular weight is 404 g/mol. The fourth-order valence-corrected chi connectivity index (χ4v) is 7.23. The summed E-state index contributed by atoms with van der Waals surface area (Å²) in [6.07, 6.45) is 0. The molecule has 0 atom stereocenters. The molecule has 19 heavy (non-hydrogen) atoms. The molecule has 1 saturated heterocycles. The van der Waals surface area contributed by atoms with Gasteiger partial charge in [-0.3, -0.25) is 0 Å². The summed E-state index contributed by atoms with van der Waals surface area (Å²) in [4.78, 5) is 0. The fraction of sp³-hybridized carbons (Fsp3) is 0.600. The monoisotopic (exact) mass is 403 g/mol. The lowest BCUT2D eigenvalue weighted by Crippen LogP contribution is -2.46. The molecule has 1 aliphatic rings. The number of halogens is 1. The highest BCUT2D eigenvalue weighted by Crippen LogP contribution is 2.27. The fourth-order valence-electron chi connectivity index (χ4n) is 1.53. The van der Waals surface area contributed by atoms with Crippen molar-refractivity contribution >= 4 is 60.8 Å². The molecule has 1 aromatic heterocycles. The smallest absolute Gasteiger partial charge is 0.250 e.